The third kappa shape index (κ3) is 48.3. The van der Waals surface area contributed by atoms with Gasteiger partial charge in [0.2, 0.25) is 0 Å². The lowest BCUT2D eigenvalue weighted by Crippen LogP contribution is -2.28. The summed E-state index contributed by atoms with van der Waals surface area (Å²) in [6.45, 7) is 4.98. The molecule has 2 unspecified atom stereocenters. The molecule has 0 bridgehead atoms. The van der Waals surface area contributed by atoms with E-state index in [1.807, 2.05) is 0 Å². The van der Waals surface area contributed by atoms with Gasteiger partial charge in [-0.05, 0) is 38.5 Å². The fourth-order valence-electron chi connectivity index (χ4n) is 7.82. The molecule has 0 aromatic carbocycles. The van der Waals surface area contributed by atoms with Crippen LogP contribution in [0.4, 0.5) is 0 Å². The van der Waals surface area contributed by atoms with Crippen LogP contribution in [0.25, 0.3) is 0 Å². The largest absolute Gasteiger partial charge is 0.472 e. The summed E-state index contributed by atoms with van der Waals surface area (Å²) >= 11 is 0. The standard InChI is InChI=1S/C51H102NO7P/c1-3-5-7-9-11-13-15-17-19-21-22-23-24-25-26-27-29-31-33-35-37-39-41-43-46-56-48-50(49-58-60(54,55)57-47-45-52)59-51(53)44-42-40-38-36-34-32-30-28-20-18-16-14-12-10-8-6-4-2/h18,20,50H,3-17,19,21-49,52H2,1-2H3,(H,54,55)/b20-18-. The van der Waals surface area contributed by atoms with E-state index in [1.54, 1.807) is 0 Å². The molecule has 2 atom stereocenters. The summed E-state index contributed by atoms with van der Waals surface area (Å²) < 4.78 is 33.6. The van der Waals surface area contributed by atoms with Gasteiger partial charge < -0.3 is 20.1 Å². The second kappa shape index (κ2) is 49.3. The van der Waals surface area contributed by atoms with Crippen molar-refractivity contribution in [2.75, 3.05) is 33.0 Å². The van der Waals surface area contributed by atoms with Crippen molar-refractivity contribution >= 4 is 13.8 Å². The summed E-state index contributed by atoms with van der Waals surface area (Å²) in [6, 6.07) is 0. The molecule has 0 saturated heterocycles. The molecule has 0 spiro atoms. The van der Waals surface area contributed by atoms with Crippen LogP contribution in [0.3, 0.4) is 0 Å². The van der Waals surface area contributed by atoms with Gasteiger partial charge in [0.1, 0.15) is 6.10 Å². The molecule has 0 aliphatic carbocycles. The van der Waals surface area contributed by atoms with Crippen LogP contribution in [0, 0.1) is 0 Å². The quantitative estimate of drug-likeness (QED) is 0.0269. The second-order valence-electron chi connectivity index (χ2n) is 17.7. The molecular weight excluding hydrogens is 770 g/mol. The number of carbonyl (C=O) groups excluding carboxylic acids is 1. The van der Waals surface area contributed by atoms with Gasteiger partial charge in [0.25, 0.3) is 0 Å². The Morgan fingerprint density at radius 1 is 0.483 bits per heavy atom. The van der Waals surface area contributed by atoms with Crippen molar-refractivity contribution in [3.8, 4) is 0 Å². The Morgan fingerprint density at radius 2 is 0.833 bits per heavy atom. The number of allylic oxidation sites excluding steroid dienone is 2. The number of hydrogen-bond acceptors (Lipinski definition) is 7. The maximum Gasteiger partial charge on any atom is 0.472 e. The molecule has 0 aromatic heterocycles. The van der Waals surface area contributed by atoms with Crippen molar-refractivity contribution in [3.05, 3.63) is 12.2 Å². The van der Waals surface area contributed by atoms with Crippen LogP contribution in [-0.4, -0.2) is 49.9 Å². The van der Waals surface area contributed by atoms with Crippen molar-refractivity contribution < 1.29 is 32.8 Å². The topological polar surface area (TPSA) is 117 Å². The molecule has 0 rings (SSSR count). The number of nitrogens with two attached hydrogens (primary N) is 1. The van der Waals surface area contributed by atoms with E-state index < -0.39 is 13.9 Å². The Labute approximate surface area is 373 Å². The molecule has 0 fully saturated rings. The number of unbranched alkanes of at least 4 members (excludes halogenated alkanes) is 36. The predicted molar refractivity (Wildman–Crippen MR) is 257 cm³/mol. The smallest absolute Gasteiger partial charge is 0.457 e. The highest BCUT2D eigenvalue weighted by Gasteiger charge is 2.25. The van der Waals surface area contributed by atoms with E-state index in [0.29, 0.717) is 13.0 Å². The molecule has 0 saturated carbocycles. The summed E-state index contributed by atoms with van der Waals surface area (Å²) in [4.78, 5) is 22.6. The van der Waals surface area contributed by atoms with Crippen LogP contribution >= 0.6 is 7.82 Å². The summed E-state index contributed by atoms with van der Waals surface area (Å²) in [7, 11) is -4.28. The Morgan fingerprint density at radius 3 is 1.22 bits per heavy atom. The van der Waals surface area contributed by atoms with Crippen molar-refractivity contribution in [2.24, 2.45) is 5.73 Å². The van der Waals surface area contributed by atoms with Crippen LogP contribution < -0.4 is 5.73 Å². The number of phosphoric ester groups is 1. The lowest BCUT2D eigenvalue weighted by atomic mass is 10.0. The highest BCUT2D eigenvalue weighted by molar-refractivity contribution is 7.47. The molecule has 0 amide bonds. The molecule has 0 aliphatic rings. The number of phosphoric acid groups is 1. The summed E-state index contributed by atoms with van der Waals surface area (Å²) in [5, 5.41) is 0. The average molecular weight is 872 g/mol. The Hall–Kier alpha value is -0.760. The van der Waals surface area contributed by atoms with E-state index in [9.17, 15) is 14.3 Å². The molecule has 8 nitrogen and oxygen atoms in total. The molecule has 0 radical (unpaired) electrons. The van der Waals surface area contributed by atoms with Gasteiger partial charge in [0.05, 0.1) is 19.8 Å². The molecule has 0 aliphatic heterocycles. The maximum atomic E-state index is 12.6. The number of rotatable bonds is 51. The number of carbonyl (C=O) groups is 1. The Kier molecular flexibility index (Phi) is 48.6. The van der Waals surface area contributed by atoms with Crippen molar-refractivity contribution in [2.45, 2.75) is 277 Å². The second-order valence-corrected chi connectivity index (χ2v) is 19.2. The number of ether oxygens (including phenoxy) is 2. The zero-order chi connectivity index (χ0) is 43.7. The molecular formula is C51H102NO7P. The van der Waals surface area contributed by atoms with Gasteiger partial charge in [-0.3, -0.25) is 13.8 Å². The molecule has 0 aromatic rings. The van der Waals surface area contributed by atoms with Gasteiger partial charge in [0.15, 0.2) is 0 Å². The SMILES string of the molecule is CCCCCCCC/C=C\CCCCCCCCCC(=O)OC(COCCCCCCCCCCCCCCCCCCCCCCCCCC)COP(=O)(O)OCCN. The zero-order valence-corrected chi connectivity index (χ0v) is 40.9. The molecule has 358 valence electrons. The van der Waals surface area contributed by atoms with Gasteiger partial charge in [-0.1, -0.05) is 238 Å². The first-order valence-corrected chi connectivity index (χ1v) is 27.7. The number of hydrogen-bond donors (Lipinski definition) is 2. The molecule has 60 heavy (non-hydrogen) atoms. The lowest BCUT2D eigenvalue weighted by molar-refractivity contribution is -0.154. The van der Waals surface area contributed by atoms with Crippen LogP contribution in [-0.2, 0) is 27.9 Å². The molecule has 0 heterocycles. The first-order chi connectivity index (χ1) is 29.4. The van der Waals surface area contributed by atoms with Crippen molar-refractivity contribution in [3.63, 3.8) is 0 Å². The summed E-state index contributed by atoms with van der Waals surface area (Å²) in [5.74, 6) is -0.328. The van der Waals surface area contributed by atoms with Gasteiger partial charge in [-0.2, -0.15) is 0 Å². The first-order valence-electron chi connectivity index (χ1n) is 26.2. The highest BCUT2D eigenvalue weighted by Crippen LogP contribution is 2.43. The van der Waals surface area contributed by atoms with E-state index in [0.717, 1.165) is 32.1 Å². The minimum absolute atomic E-state index is 0.0926. The van der Waals surface area contributed by atoms with Crippen molar-refractivity contribution in [1.82, 2.24) is 0 Å². The zero-order valence-electron chi connectivity index (χ0n) is 40.0. The number of esters is 1. The van der Waals surface area contributed by atoms with Crippen LogP contribution in [0.15, 0.2) is 12.2 Å². The van der Waals surface area contributed by atoms with E-state index in [4.69, 9.17) is 24.3 Å². The van der Waals surface area contributed by atoms with Crippen molar-refractivity contribution in [1.29, 1.82) is 0 Å². The van der Waals surface area contributed by atoms with Gasteiger partial charge in [-0.15, -0.1) is 0 Å². The van der Waals surface area contributed by atoms with Crippen LogP contribution in [0.2, 0.25) is 0 Å². The maximum absolute atomic E-state index is 12.6. The minimum atomic E-state index is -4.28. The minimum Gasteiger partial charge on any atom is -0.457 e. The van der Waals surface area contributed by atoms with E-state index in [1.165, 1.54) is 218 Å². The monoisotopic (exact) mass is 872 g/mol. The predicted octanol–water partition coefficient (Wildman–Crippen LogP) is 16.2. The third-order valence-electron chi connectivity index (χ3n) is 11.7. The van der Waals surface area contributed by atoms with Gasteiger partial charge in [0, 0.05) is 19.6 Å². The first kappa shape index (κ1) is 59.2. The Balaban J connectivity index is 3.86. The normalized spacial score (nSPS) is 13.3. The molecule has 3 N–H and O–H groups in total. The van der Waals surface area contributed by atoms with E-state index >= 15 is 0 Å². The third-order valence-corrected chi connectivity index (χ3v) is 12.7. The van der Waals surface area contributed by atoms with Crippen LogP contribution in [0.5, 0.6) is 0 Å². The highest BCUT2D eigenvalue weighted by atomic mass is 31.2. The van der Waals surface area contributed by atoms with Crippen LogP contribution in [0.1, 0.15) is 271 Å². The average Bonchev–Trinajstić information content (AvgIpc) is 3.24. The summed E-state index contributed by atoms with van der Waals surface area (Å²) in [5.41, 5.74) is 5.39. The fraction of sp³-hybridized carbons (Fsp3) is 0.941. The Bertz CT molecular complexity index is 935. The molecule has 9 heteroatoms. The lowest BCUT2D eigenvalue weighted by Gasteiger charge is -2.20. The van der Waals surface area contributed by atoms with E-state index in [2.05, 4.69) is 26.0 Å². The van der Waals surface area contributed by atoms with Gasteiger partial charge in [-0.25, -0.2) is 4.57 Å². The van der Waals surface area contributed by atoms with Gasteiger partial charge >= 0.3 is 13.8 Å². The van der Waals surface area contributed by atoms with E-state index in [-0.39, 0.29) is 32.3 Å². The fourth-order valence-corrected chi connectivity index (χ4v) is 8.58. The summed E-state index contributed by atoms with van der Waals surface area (Å²) in [6.07, 6.45) is 55.4.